The van der Waals surface area contributed by atoms with E-state index in [9.17, 15) is 22.4 Å². The molecule has 0 fully saturated rings. The van der Waals surface area contributed by atoms with Crippen molar-refractivity contribution in [2.75, 3.05) is 0 Å². The molecule has 3 aromatic rings. The molecule has 1 aliphatic rings. The first-order valence-electron chi connectivity index (χ1n) is 9.61. The van der Waals surface area contributed by atoms with Crippen LogP contribution in [0.3, 0.4) is 0 Å². The van der Waals surface area contributed by atoms with Crippen LogP contribution in [0.15, 0.2) is 36.4 Å². The number of alkyl halides is 1. The van der Waals surface area contributed by atoms with Gasteiger partial charge in [0.25, 0.3) is 0 Å². The van der Waals surface area contributed by atoms with E-state index in [2.05, 4.69) is 10.3 Å². The molecule has 1 aromatic heterocycles. The van der Waals surface area contributed by atoms with Crippen LogP contribution in [0.1, 0.15) is 28.9 Å². The number of hydrogen-bond acceptors (Lipinski definition) is 4. The van der Waals surface area contributed by atoms with E-state index in [1.54, 1.807) is 6.07 Å². The molecule has 4 rings (SSSR count). The Hall–Kier alpha value is -3.27. The first-order chi connectivity index (χ1) is 14.9. The van der Waals surface area contributed by atoms with Gasteiger partial charge < -0.3 is 10.6 Å². The lowest BCUT2D eigenvalue weighted by Gasteiger charge is -2.23. The molecule has 0 saturated heterocycles. The summed E-state index contributed by atoms with van der Waals surface area (Å²) in [6.07, 6.45) is -0.304. The topological polar surface area (TPSA) is 77.0 Å². The van der Waals surface area contributed by atoms with E-state index in [-0.39, 0.29) is 43.1 Å². The Balaban J connectivity index is 1.54. The predicted molar refractivity (Wildman–Crippen MR) is 103 cm³/mol. The number of fused-ring (bicyclic) bond motifs is 3. The highest BCUT2D eigenvalue weighted by Gasteiger charge is 2.27. The summed E-state index contributed by atoms with van der Waals surface area (Å²) in [5.74, 6) is -3.74. The van der Waals surface area contributed by atoms with Gasteiger partial charge in [-0.1, -0.05) is 23.4 Å². The summed E-state index contributed by atoms with van der Waals surface area (Å²) in [5.41, 5.74) is 8.00. The smallest absolute Gasteiger partial charge is 0.224 e. The number of carbonyl (C=O) groups excluding carboxylic acids is 1. The second-order valence-corrected chi connectivity index (χ2v) is 7.43. The van der Waals surface area contributed by atoms with Crippen molar-refractivity contribution in [2.45, 2.75) is 38.6 Å². The van der Waals surface area contributed by atoms with Crippen LogP contribution >= 0.6 is 0 Å². The number of aromatic nitrogens is 3. The van der Waals surface area contributed by atoms with Gasteiger partial charge in [0.15, 0.2) is 11.6 Å². The third-order valence-electron chi connectivity index (χ3n) is 5.25. The first kappa shape index (κ1) is 21.0. The largest absolute Gasteiger partial charge is 0.332 e. The molecule has 1 atom stereocenters. The van der Waals surface area contributed by atoms with Crippen LogP contribution in [0.5, 0.6) is 0 Å². The zero-order chi connectivity index (χ0) is 22.1. The average molecular weight is 433 g/mol. The summed E-state index contributed by atoms with van der Waals surface area (Å²) in [7, 11) is 0. The summed E-state index contributed by atoms with van der Waals surface area (Å²) in [5, 5.41) is 7.88. The van der Waals surface area contributed by atoms with Gasteiger partial charge in [0.2, 0.25) is 5.91 Å². The molecule has 162 valence electrons. The minimum atomic E-state index is -1.29. The standard InChI is InChI=1S/C21H19F4N5O/c22-9-18-20-11-29(10-12-3-1-2-4-19(12)30(20)28-27-18)21(31)7-14(26)5-13-6-16(24)17(25)8-15(13)23/h1-4,6,8,14H,5,7,9-11,26H2/t14-/m1/s1. The number of para-hydroxylation sites is 1. The van der Waals surface area contributed by atoms with Crippen molar-refractivity contribution in [3.63, 3.8) is 0 Å². The molecule has 0 bridgehead atoms. The molecule has 1 amide bonds. The number of benzene rings is 2. The Morgan fingerprint density at radius 3 is 2.61 bits per heavy atom. The quantitative estimate of drug-likeness (QED) is 0.496. The van der Waals surface area contributed by atoms with E-state index >= 15 is 0 Å². The predicted octanol–water partition coefficient (Wildman–Crippen LogP) is 2.96. The zero-order valence-corrected chi connectivity index (χ0v) is 16.4. The van der Waals surface area contributed by atoms with Crippen LogP contribution < -0.4 is 5.73 Å². The number of amides is 1. The molecule has 6 nitrogen and oxygen atoms in total. The number of hydrogen-bond donors (Lipinski definition) is 1. The van der Waals surface area contributed by atoms with Gasteiger partial charge in [-0.05, 0) is 29.7 Å². The highest BCUT2D eigenvalue weighted by atomic mass is 19.2. The van der Waals surface area contributed by atoms with Crippen LogP contribution in [-0.4, -0.2) is 31.8 Å². The molecule has 0 saturated carbocycles. The van der Waals surface area contributed by atoms with Gasteiger partial charge in [0, 0.05) is 25.1 Å². The molecule has 1 aliphatic heterocycles. The highest BCUT2D eigenvalue weighted by Crippen LogP contribution is 2.26. The Morgan fingerprint density at radius 1 is 1.10 bits per heavy atom. The van der Waals surface area contributed by atoms with Crippen molar-refractivity contribution < 1.29 is 22.4 Å². The molecule has 10 heteroatoms. The molecule has 2 heterocycles. The number of carbonyl (C=O) groups is 1. The van der Waals surface area contributed by atoms with Crippen LogP contribution in [0.4, 0.5) is 17.6 Å². The molecule has 0 radical (unpaired) electrons. The van der Waals surface area contributed by atoms with Gasteiger partial charge in [-0.25, -0.2) is 22.2 Å². The van der Waals surface area contributed by atoms with Crippen molar-refractivity contribution in [1.82, 2.24) is 19.9 Å². The second kappa shape index (κ2) is 8.46. The van der Waals surface area contributed by atoms with Crippen molar-refractivity contribution in [2.24, 2.45) is 5.73 Å². The van der Waals surface area contributed by atoms with Crippen molar-refractivity contribution in [3.8, 4) is 5.69 Å². The zero-order valence-electron chi connectivity index (χ0n) is 16.4. The normalized spacial score (nSPS) is 14.0. The molecule has 2 aromatic carbocycles. The third kappa shape index (κ3) is 4.15. The highest BCUT2D eigenvalue weighted by molar-refractivity contribution is 5.77. The first-order valence-corrected chi connectivity index (χ1v) is 9.61. The fraction of sp³-hybridized carbons (Fsp3) is 0.286. The summed E-state index contributed by atoms with van der Waals surface area (Å²) < 4.78 is 55.4. The number of halogens is 4. The Labute approximate surface area is 175 Å². The molecule has 0 unspecified atom stereocenters. The molecule has 2 N–H and O–H groups in total. The maximum absolute atomic E-state index is 13.9. The molecular formula is C21H19F4N5O. The fourth-order valence-electron chi connectivity index (χ4n) is 3.69. The Morgan fingerprint density at radius 2 is 1.84 bits per heavy atom. The second-order valence-electron chi connectivity index (χ2n) is 7.43. The van der Waals surface area contributed by atoms with Gasteiger partial charge in [0.05, 0.1) is 17.9 Å². The number of nitrogens with two attached hydrogens (primary N) is 1. The van der Waals surface area contributed by atoms with E-state index < -0.39 is 30.2 Å². The van der Waals surface area contributed by atoms with Crippen molar-refractivity contribution in [3.05, 3.63) is 76.4 Å². The van der Waals surface area contributed by atoms with Crippen LogP contribution in [0, 0.1) is 17.5 Å². The Kier molecular flexibility index (Phi) is 5.73. The maximum Gasteiger partial charge on any atom is 0.224 e. The van der Waals surface area contributed by atoms with Crippen molar-refractivity contribution in [1.29, 1.82) is 0 Å². The minimum Gasteiger partial charge on any atom is -0.332 e. The summed E-state index contributed by atoms with van der Waals surface area (Å²) in [6, 6.07) is 7.64. The van der Waals surface area contributed by atoms with Gasteiger partial charge in [-0.2, -0.15) is 0 Å². The lowest BCUT2D eigenvalue weighted by molar-refractivity contribution is -0.132. The van der Waals surface area contributed by atoms with Gasteiger partial charge in [0.1, 0.15) is 18.2 Å². The summed E-state index contributed by atoms with van der Waals surface area (Å²) in [4.78, 5) is 14.5. The average Bonchev–Trinajstić information content (AvgIpc) is 3.06. The third-order valence-corrected chi connectivity index (χ3v) is 5.25. The maximum atomic E-state index is 13.9. The molecule has 31 heavy (non-hydrogen) atoms. The summed E-state index contributed by atoms with van der Waals surface area (Å²) in [6.45, 7) is -0.503. The van der Waals surface area contributed by atoms with E-state index in [0.717, 1.165) is 11.6 Å². The SMILES string of the molecule is N[C@@H](CC(=O)N1Cc2ccccc2-n2nnc(CF)c2C1)Cc1cc(F)c(F)cc1F. The molecule has 0 aliphatic carbocycles. The lowest BCUT2D eigenvalue weighted by Crippen LogP contribution is -2.36. The van der Waals surface area contributed by atoms with Crippen molar-refractivity contribution >= 4 is 5.91 Å². The van der Waals surface area contributed by atoms with E-state index in [0.29, 0.717) is 17.4 Å². The number of rotatable bonds is 5. The van der Waals surface area contributed by atoms with Gasteiger partial charge in [-0.15, -0.1) is 5.10 Å². The van der Waals surface area contributed by atoms with Gasteiger partial charge in [-0.3, -0.25) is 4.79 Å². The monoisotopic (exact) mass is 433 g/mol. The van der Waals surface area contributed by atoms with Crippen LogP contribution in [0.2, 0.25) is 0 Å². The molecular weight excluding hydrogens is 414 g/mol. The van der Waals surface area contributed by atoms with Crippen LogP contribution in [-0.2, 0) is 31.0 Å². The fourth-order valence-corrected chi connectivity index (χ4v) is 3.69. The van der Waals surface area contributed by atoms with Crippen LogP contribution in [0.25, 0.3) is 5.69 Å². The van der Waals surface area contributed by atoms with E-state index in [4.69, 9.17) is 5.73 Å². The number of nitrogens with zero attached hydrogens (tertiary/aromatic N) is 4. The molecule has 0 spiro atoms. The van der Waals surface area contributed by atoms with Gasteiger partial charge >= 0.3 is 0 Å². The lowest BCUT2D eigenvalue weighted by atomic mass is 10.0. The van der Waals surface area contributed by atoms with E-state index in [1.807, 2.05) is 18.2 Å². The summed E-state index contributed by atoms with van der Waals surface area (Å²) >= 11 is 0. The van der Waals surface area contributed by atoms with E-state index in [1.165, 1.54) is 9.58 Å². The Bertz CT molecular complexity index is 1130. The minimum absolute atomic E-state index is 0.0754.